The highest BCUT2D eigenvalue weighted by molar-refractivity contribution is 5.97. The van der Waals surface area contributed by atoms with Gasteiger partial charge in [0.05, 0.1) is 29.1 Å². The molecule has 0 spiro atoms. The van der Waals surface area contributed by atoms with Crippen molar-refractivity contribution in [2.75, 3.05) is 52.5 Å². The first-order valence-corrected chi connectivity index (χ1v) is 14.2. The van der Waals surface area contributed by atoms with Crippen LogP contribution in [0.3, 0.4) is 0 Å². The van der Waals surface area contributed by atoms with Crippen LogP contribution in [0.2, 0.25) is 0 Å². The Bertz CT molecular complexity index is 1200. The van der Waals surface area contributed by atoms with Gasteiger partial charge in [-0.25, -0.2) is 4.79 Å². The summed E-state index contributed by atoms with van der Waals surface area (Å²) in [5.74, 6) is -0.656. The molecule has 1 aromatic heterocycles. The number of nitrogens with one attached hydrogen (secondary N) is 1. The van der Waals surface area contributed by atoms with E-state index in [1.807, 2.05) is 11.6 Å². The van der Waals surface area contributed by atoms with Crippen molar-refractivity contribution >= 4 is 23.7 Å². The number of aryl methyl sites for hydroxylation is 2. The molecule has 0 radical (unpaired) electrons. The maximum atomic E-state index is 12.9. The van der Waals surface area contributed by atoms with Crippen LogP contribution in [0, 0.1) is 0 Å². The van der Waals surface area contributed by atoms with Gasteiger partial charge in [0.25, 0.3) is 11.8 Å². The molecule has 0 saturated carbocycles. The van der Waals surface area contributed by atoms with Crippen molar-refractivity contribution < 1.29 is 28.7 Å². The molecule has 1 fully saturated rings. The number of rotatable bonds is 7. The minimum Gasteiger partial charge on any atom is -0.462 e. The Labute approximate surface area is 234 Å². The highest BCUT2D eigenvalue weighted by Crippen LogP contribution is 2.19. The maximum absolute atomic E-state index is 12.9. The van der Waals surface area contributed by atoms with Crippen LogP contribution in [0.1, 0.15) is 75.6 Å². The molecule has 40 heavy (non-hydrogen) atoms. The number of aromatic nitrogens is 2. The first kappa shape index (κ1) is 29.3. The molecule has 4 rings (SSSR count). The van der Waals surface area contributed by atoms with Crippen LogP contribution in [0.4, 0.5) is 0 Å². The second kappa shape index (κ2) is 14.1. The van der Waals surface area contributed by atoms with E-state index in [0.717, 1.165) is 24.2 Å². The van der Waals surface area contributed by atoms with Gasteiger partial charge in [0.15, 0.2) is 0 Å². The number of fused-ring (bicyclic) bond motifs is 1. The molecule has 2 aliphatic rings. The number of benzene rings is 1. The molecule has 216 valence electrons. The van der Waals surface area contributed by atoms with Gasteiger partial charge in [0.1, 0.15) is 0 Å². The van der Waals surface area contributed by atoms with Crippen molar-refractivity contribution in [2.45, 2.75) is 52.5 Å². The molecule has 2 aliphatic heterocycles. The fourth-order valence-corrected chi connectivity index (χ4v) is 5.03. The van der Waals surface area contributed by atoms with E-state index in [2.05, 4.69) is 5.32 Å². The minimum atomic E-state index is -0.459. The predicted octanol–water partition coefficient (Wildman–Crippen LogP) is 2.08. The Balaban J connectivity index is 1.30. The zero-order valence-corrected chi connectivity index (χ0v) is 23.4. The second-order valence-electron chi connectivity index (χ2n) is 10.0. The van der Waals surface area contributed by atoms with E-state index in [-0.39, 0.29) is 24.3 Å². The second-order valence-corrected chi connectivity index (χ2v) is 10.0. The normalized spacial score (nSPS) is 16.5. The lowest BCUT2D eigenvalue weighted by Crippen LogP contribution is -2.50. The van der Waals surface area contributed by atoms with E-state index in [1.54, 1.807) is 34.1 Å². The summed E-state index contributed by atoms with van der Waals surface area (Å²) < 4.78 is 13.0. The third-order valence-electron chi connectivity index (χ3n) is 7.27. The zero-order chi connectivity index (χ0) is 28.5. The van der Waals surface area contributed by atoms with Gasteiger partial charge in [-0.2, -0.15) is 5.10 Å². The van der Waals surface area contributed by atoms with E-state index in [1.165, 1.54) is 6.92 Å². The molecule has 2 aromatic rings. The lowest BCUT2D eigenvalue weighted by Gasteiger charge is -2.34. The summed E-state index contributed by atoms with van der Waals surface area (Å²) in [7, 11) is 0. The zero-order valence-electron chi connectivity index (χ0n) is 23.4. The molecule has 1 aromatic carbocycles. The summed E-state index contributed by atoms with van der Waals surface area (Å²) in [5, 5.41) is 7.68. The topological polar surface area (TPSA) is 123 Å². The Kier molecular flexibility index (Phi) is 10.3. The van der Waals surface area contributed by atoms with Crippen molar-refractivity contribution in [1.29, 1.82) is 0 Å². The molecule has 0 aliphatic carbocycles. The van der Waals surface area contributed by atoms with E-state index in [4.69, 9.17) is 14.6 Å². The maximum Gasteiger partial charge on any atom is 0.338 e. The Morgan fingerprint density at radius 3 is 2.38 bits per heavy atom. The molecule has 3 heterocycles. The van der Waals surface area contributed by atoms with Crippen molar-refractivity contribution in [3.63, 3.8) is 0 Å². The summed E-state index contributed by atoms with van der Waals surface area (Å²) in [6, 6.07) is 6.46. The monoisotopic (exact) mass is 553 g/mol. The largest absolute Gasteiger partial charge is 0.462 e. The van der Waals surface area contributed by atoms with Gasteiger partial charge in [0, 0.05) is 71.4 Å². The molecule has 1 saturated heterocycles. The van der Waals surface area contributed by atoms with Crippen molar-refractivity contribution in [3.8, 4) is 0 Å². The van der Waals surface area contributed by atoms with Gasteiger partial charge in [-0.15, -0.1) is 0 Å². The van der Waals surface area contributed by atoms with Crippen LogP contribution >= 0.6 is 0 Å². The van der Waals surface area contributed by atoms with Crippen LogP contribution in [-0.2, 0) is 33.7 Å². The molecular weight excluding hydrogens is 514 g/mol. The summed E-state index contributed by atoms with van der Waals surface area (Å²) in [4.78, 5) is 53.3. The average Bonchev–Trinajstić information content (AvgIpc) is 3.31. The quantitative estimate of drug-likeness (QED) is 0.411. The molecular formula is C29H39N5O6. The highest BCUT2D eigenvalue weighted by Gasteiger charge is 2.24. The number of hydrogen-bond donors (Lipinski definition) is 1. The van der Waals surface area contributed by atoms with Crippen LogP contribution in [-0.4, -0.2) is 95.8 Å². The molecule has 0 unspecified atom stereocenters. The molecule has 11 nitrogen and oxygen atoms in total. The standard InChI is InChI=1S/C29H39N5O6/c1-3-24-26-25(7-4-18-39-19-5-12-30-27(26)36)34(31-24)13-6-20-40-29(38)23-10-8-22(9-11-23)28(37)33-16-14-32(15-17-33)21(2)35/h8-11H,3-7,12-20H2,1-2H3,(H,30,36). The van der Waals surface area contributed by atoms with Crippen LogP contribution in [0.25, 0.3) is 0 Å². The Morgan fingerprint density at radius 1 is 1.00 bits per heavy atom. The van der Waals surface area contributed by atoms with Gasteiger partial charge >= 0.3 is 5.97 Å². The first-order chi connectivity index (χ1) is 19.4. The number of carbonyl (C=O) groups excluding carboxylic acids is 4. The molecule has 1 N–H and O–H groups in total. The summed E-state index contributed by atoms with van der Waals surface area (Å²) in [6.07, 6.45) is 3.47. The van der Waals surface area contributed by atoms with E-state index in [0.29, 0.717) is 88.4 Å². The molecule has 3 amide bonds. The summed E-state index contributed by atoms with van der Waals surface area (Å²) in [6.45, 7) is 8.09. The van der Waals surface area contributed by atoms with Gasteiger partial charge in [-0.05, 0) is 49.9 Å². The summed E-state index contributed by atoms with van der Waals surface area (Å²) >= 11 is 0. The Hall–Kier alpha value is -3.73. The number of ether oxygens (including phenoxy) is 2. The Morgan fingerprint density at radius 2 is 1.68 bits per heavy atom. The van der Waals surface area contributed by atoms with E-state index < -0.39 is 5.97 Å². The lowest BCUT2D eigenvalue weighted by molar-refractivity contribution is -0.130. The van der Waals surface area contributed by atoms with Crippen LogP contribution in [0.15, 0.2) is 24.3 Å². The number of piperazine rings is 1. The SMILES string of the molecule is CCc1nn(CCCOC(=O)c2ccc(C(=O)N3CCN(C(C)=O)CC3)cc2)c2c1C(=O)NCCCOCCC2. The third-order valence-corrected chi connectivity index (χ3v) is 7.27. The first-order valence-electron chi connectivity index (χ1n) is 14.2. The van der Waals surface area contributed by atoms with Gasteiger partial charge < -0.3 is 24.6 Å². The van der Waals surface area contributed by atoms with Crippen LogP contribution < -0.4 is 5.32 Å². The number of nitrogens with zero attached hydrogens (tertiary/aromatic N) is 4. The van der Waals surface area contributed by atoms with Crippen molar-refractivity contribution in [2.24, 2.45) is 0 Å². The number of hydrogen-bond acceptors (Lipinski definition) is 7. The molecule has 11 heteroatoms. The van der Waals surface area contributed by atoms with Crippen molar-refractivity contribution in [1.82, 2.24) is 24.9 Å². The third kappa shape index (κ3) is 7.26. The van der Waals surface area contributed by atoms with Gasteiger partial charge in [0.2, 0.25) is 5.91 Å². The van der Waals surface area contributed by atoms with E-state index in [9.17, 15) is 19.2 Å². The molecule has 0 bridgehead atoms. The number of amides is 3. The highest BCUT2D eigenvalue weighted by atomic mass is 16.5. The molecule has 0 atom stereocenters. The smallest absolute Gasteiger partial charge is 0.338 e. The summed E-state index contributed by atoms with van der Waals surface area (Å²) in [5.41, 5.74) is 3.20. The fourth-order valence-electron chi connectivity index (χ4n) is 5.03. The van der Waals surface area contributed by atoms with Crippen molar-refractivity contribution in [3.05, 3.63) is 52.3 Å². The van der Waals surface area contributed by atoms with Gasteiger partial charge in [-0.1, -0.05) is 6.92 Å². The lowest BCUT2D eigenvalue weighted by atomic mass is 10.1. The number of carbonyl (C=O) groups is 4. The van der Waals surface area contributed by atoms with Crippen LogP contribution in [0.5, 0.6) is 0 Å². The number of esters is 1. The predicted molar refractivity (Wildman–Crippen MR) is 147 cm³/mol. The minimum absolute atomic E-state index is 0.0131. The average molecular weight is 554 g/mol. The van der Waals surface area contributed by atoms with E-state index >= 15 is 0 Å². The van der Waals surface area contributed by atoms with Gasteiger partial charge in [-0.3, -0.25) is 19.1 Å². The fraction of sp³-hybridized carbons (Fsp3) is 0.552.